The van der Waals surface area contributed by atoms with Crippen LogP contribution in [0.3, 0.4) is 0 Å². The third-order valence-electron chi connectivity index (χ3n) is 6.87. The molecule has 0 bridgehead atoms. The zero-order valence-electron chi connectivity index (χ0n) is 26.6. The van der Waals surface area contributed by atoms with Crippen LogP contribution in [0.2, 0.25) is 0 Å². The van der Waals surface area contributed by atoms with E-state index in [1.165, 1.54) is 11.3 Å². The first kappa shape index (κ1) is 33.3. The van der Waals surface area contributed by atoms with Gasteiger partial charge in [0.1, 0.15) is 17.0 Å². The number of piperidine rings is 2. The van der Waals surface area contributed by atoms with Crippen LogP contribution in [-0.2, 0) is 14.3 Å². The molecule has 1 aromatic carbocycles. The number of Topliss-reactive ketones (excluding diaryl/α,β-unsaturated/α-hetero) is 1. The van der Waals surface area contributed by atoms with Gasteiger partial charge in [-0.2, -0.15) is 0 Å². The minimum absolute atomic E-state index is 0.133. The van der Waals surface area contributed by atoms with Crippen LogP contribution in [0.25, 0.3) is 0 Å². The van der Waals surface area contributed by atoms with E-state index in [9.17, 15) is 14.4 Å². The second-order valence-corrected chi connectivity index (χ2v) is 14.2. The lowest BCUT2D eigenvalue weighted by Crippen LogP contribution is -2.50. The van der Waals surface area contributed by atoms with Gasteiger partial charge in [0, 0.05) is 55.6 Å². The number of hydrogen-bond donors (Lipinski definition) is 0. The maximum atomic E-state index is 12.3. The summed E-state index contributed by atoms with van der Waals surface area (Å²) in [7, 11) is 0. The van der Waals surface area contributed by atoms with E-state index in [1.54, 1.807) is 9.80 Å². The van der Waals surface area contributed by atoms with Gasteiger partial charge in [-0.05, 0) is 54.0 Å². The van der Waals surface area contributed by atoms with E-state index in [4.69, 9.17) is 14.5 Å². The molecule has 0 N–H and O–H groups in total. The minimum Gasteiger partial charge on any atom is -0.444 e. The fraction of sp³-hybridized carbons (Fsp3) is 0.688. The van der Waals surface area contributed by atoms with Crippen LogP contribution in [0.5, 0.6) is 0 Å². The maximum absolute atomic E-state index is 12.3. The highest BCUT2D eigenvalue weighted by Gasteiger charge is 2.38. The van der Waals surface area contributed by atoms with Crippen molar-refractivity contribution in [3.63, 3.8) is 0 Å². The molecule has 224 valence electrons. The molecular weight excluding hydrogens is 506 g/mol. The van der Waals surface area contributed by atoms with Gasteiger partial charge >= 0.3 is 12.2 Å². The fourth-order valence-electron chi connectivity index (χ4n) is 4.69. The Morgan fingerprint density at radius 3 is 1.68 bits per heavy atom. The van der Waals surface area contributed by atoms with E-state index < -0.39 is 16.6 Å². The summed E-state index contributed by atoms with van der Waals surface area (Å²) in [6, 6.07) is 10.5. The summed E-state index contributed by atoms with van der Waals surface area (Å²) in [5.74, 6) is 0.215. The van der Waals surface area contributed by atoms with Gasteiger partial charge in [0.2, 0.25) is 0 Å². The number of carbonyl (C=O) groups excluding carboxylic acids is 3. The molecule has 2 aliphatic rings. The SMILES string of the molecule is CC(C)(C)OC(=O)N1CCC(=O)C(C)(C)C1.C[C@@H](N=C1CCN(C(=O)OC(C)(C)C)CC1(C)C)c1ccccc1. The Bertz CT molecular complexity index is 1060. The fourth-order valence-corrected chi connectivity index (χ4v) is 4.69. The quantitative estimate of drug-likeness (QED) is 0.388. The van der Waals surface area contributed by atoms with Crippen molar-refractivity contribution in [2.24, 2.45) is 15.8 Å². The van der Waals surface area contributed by atoms with Gasteiger partial charge in [-0.1, -0.05) is 58.0 Å². The van der Waals surface area contributed by atoms with Crippen molar-refractivity contribution in [2.45, 2.75) is 106 Å². The van der Waals surface area contributed by atoms with Crippen molar-refractivity contribution in [2.75, 3.05) is 26.2 Å². The average molecular weight is 558 g/mol. The zero-order valence-corrected chi connectivity index (χ0v) is 26.6. The second-order valence-electron chi connectivity index (χ2n) is 14.2. The molecule has 1 aromatic rings. The summed E-state index contributed by atoms with van der Waals surface area (Å²) in [5, 5.41) is 0. The van der Waals surface area contributed by atoms with Crippen LogP contribution in [0.15, 0.2) is 35.3 Å². The Labute approximate surface area is 241 Å². The second kappa shape index (κ2) is 12.7. The highest BCUT2D eigenvalue weighted by molar-refractivity contribution is 5.92. The van der Waals surface area contributed by atoms with E-state index in [0.29, 0.717) is 32.6 Å². The van der Waals surface area contributed by atoms with Gasteiger partial charge in [-0.25, -0.2) is 9.59 Å². The smallest absolute Gasteiger partial charge is 0.410 e. The molecule has 8 nitrogen and oxygen atoms in total. The highest BCUT2D eigenvalue weighted by Crippen LogP contribution is 2.30. The number of amides is 2. The molecule has 2 heterocycles. The molecule has 2 amide bonds. The predicted octanol–water partition coefficient (Wildman–Crippen LogP) is 7.08. The van der Waals surface area contributed by atoms with Crippen LogP contribution in [0.1, 0.15) is 101 Å². The van der Waals surface area contributed by atoms with Gasteiger partial charge in [0.15, 0.2) is 0 Å². The molecule has 8 heteroatoms. The number of ketones is 1. The van der Waals surface area contributed by atoms with Crippen LogP contribution in [-0.4, -0.2) is 70.9 Å². The Kier molecular flexibility index (Phi) is 10.6. The Morgan fingerprint density at radius 2 is 1.25 bits per heavy atom. The van der Waals surface area contributed by atoms with Crippen LogP contribution >= 0.6 is 0 Å². The topological polar surface area (TPSA) is 88.5 Å². The van der Waals surface area contributed by atoms with Gasteiger partial charge < -0.3 is 19.3 Å². The monoisotopic (exact) mass is 557 g/mol. The molecule has 2 fully saturated rings. The van der Waals surface area contributed by atoms with Crippen molar-refractivity contribution in [1.29, 1.82) is 0 Å². The number of carbonyl (C=O) groups is 3. The number of hydrogen-bond acceptors (Lipinski definition) is 6. The summed E-state index contributed by atoms with van der Waals surface area (Å²) in [6.07, 6.45) is 0.661. The molecule has 3 rings (SSSR count). The van der Waals surface area contributed by atoms with Crippen molar-refractivity contribution >= 4 is 23.7 Å². The molecule has 0 aliphatic carbocycles. The lowest BCUT2D eigenvalue weighted by molar-refractivity contribution is -0.131. The zero-order chi connectivity index (χ0) is 30.5. The number of likely N-dealkylation sites (tertiary alicyclic amines) is 2. The third kappa shape index (κ3) is 10.3. The van der Waals surface area contributed by atoms with Crippen LogP contribution in [0.4, 0.5) is 9.59 Å². The number of nitrogens with zero attached hydrogens (tertiary/aromatic N) is 3. The van der Waals surface area contributed by atoms with Crippen LogP contribution < -0.4 is 0 Å². The summed E-state index contributed by atoms with van der Waals surface area (Å²) in [5.41, 5.74) is 0.863. The standard InChI is InChI=1S/C20H30N2O2.C12H21NO3/c1-15(16-10-8-7-9-11-16)21-17-12-13-22(14-20(17,5)6)18(23)24-19(2,3)4;1-11(2,3)16-10(15)13-7-6-9(14)12(4,5)8-13/h7-11,15H,12-14H2,1-6H3;6-8H2,1-5H3/t15-;/m1./s1. The average Bonchev–Trinajstić information content (AvgIpc) is 2.80. The molecule has 1 atom stereocenters. The van der Waals surface area contributed by atoms with Crippen LogP contribution in [0, 0.1) is 10.8 Å². The Morgan fingerprint density at radius 1 is 0.800 bits per heavy atom. The van der Waals surface area contributed by atoms with Gasteiger partial charge in [0.25, 0.3) is 0 Å². The van der Waals surface area contributed by atoms with E-state index in [1.807, 2.05) is 73.6 Å². The molecule has 0 unspecified atom stereocenters. The Balaban J connectivity index is 0.000000305. The predicted molar refractivity (Wildman–Crippen MR) is 160 cm³/mol. The minimum atomic E-state index is -0.483. The van der Waals surface area contributed by atoms with E-state index in [2.05, 4.69) is 32.9 Å². The highest BCUT2D eigenvalue weighted by atomic mass is 16.6. The Hall–Kier alpha value is -2.90. The number of ether oxygens (including phenoxy) is 2. The normalized spacial score (nSPS) is 20.8. The van der Waals surface area contributed by atoms with Crippen molar-refractivity contribution in [3.05, 3.63) is 35.9 Å². The third-order valence-corrected chi connectivity index (χ3v) is 6.87. The molecule has 2 saturated heterocycles. The molecule has 0 saturated carbocycles. The van der Waals surface area contributed by atoms with Gasteiger partial charge in [-0.15, -0.1) is 0 Å². The molecular formula is C32H51N3O5. The van der Waals surface area contributed by atoms with Crippen molar-refractivity contribution < 1.29 is 23.9 Å². The van der Waals surface area contributed by atoms with E-state index >= 15 is 0 Å². The maximum Gasteiger partial charge on any atom is 0.410 e. The van der Waals surface area contributed by atoms with E-state index in [-0.39, 0.29) is 29.4 Å². The lowest BCUT2D eigenvalue weighted by atomic mass is 9.81. The summed E-state index contributed by atoms with van der Waals surface area (Å²) in [4.78, 5) is 44.1. The van der Waals surface area contributed by atoms with Gasteiger partial charge in [0.05, 0.1) is 6.04 Å². The number of benzene rings is 1. The first-order valence-electron chi connectivity index (χ1n) is 14.3. The summed E-state index contributed by atoms with van der Waals surface area (Å²) < 4.78 is 10.8. The summed E-state index contributed by atoms with van der Waals surface area (Å²) in [6.45, 7) is 23.6. The molecule has 0 aromatic heterocycles. The largest absolute Gasteiger partial charge is 0.444 e. The lowest BCUT2D eigenvalue weighted by Gasteiger charge is -2.40. The molecule has 40 heavy (non-hydrogen) atoms. The first-order valence-corrected chi connectivity index (χ1v) is 14.3. The first-order chi connectivity index (χ1) is 18.2. The van der Waals surface area contributed by atoms with Crippen molar-refractivity contribution in [3.8, 4) is 0 Å². The molecule has 0 radical (unpaired) electrons. The number of rotatable bonds is 2. The van der Waals surface area contributed by atoms with E-state index in [0.717, 1.165) is 6.42 Å². The van der Waals surface area contributed by atoms with Gasteiger partial charge in [-0.3, -0.25) is 9.79 Å². The molecule has 2 aliphatic heterocycles. The van der Waals surface area contributed by atoms with Crippen molar-refractivity contribution in [1.82, 2.24) is 9.80 Å². The summed E-state index contributed by atoms with van der Waals surface area (Å²) >= 11 is 0. The number of aliphatic imine (C=N–C) groups is 1. The molecule has 0 spiro atoms.